The van der Waals surface area contributed by atoms with Gasteiger partial charge in [0, 0.05) is 18.0 Å². The first kappa shape index (κ1) is 13.8. The van der Waals surface area contributed by atoms with Crippen LogP contribution in [0.15, 0.2) is 10.5 Å². The molecule has 0 bridgehead atoms. The molecule has 92 valence electrons. The van der Waals surface area contributed by atoms with Crippen molar-refractivity contribution in [3.63, 3.8) is 0 Å². The summed E-state index contributed by atoms with van der Waals surface area (Å²) in [6, 6.07) is 1.84. The molecule has 2 nitrogen and oxygen atoms in total. The lowest BCUT2D eigenvalue weighted by molar-refractivity contribution is -0.133. The molecule has 0 aliphatic heterocycles. The van der Waals surface area contributed by atoms with E-state index in [9.17, 15) is 13.2 Å². The summed E-state index contributed by atoms with van der Waals surface area (Å²) in [6.07, 6.45) is -4.91. The summed E-state index contributed by atoms with van der Waals surface area (Å²) in [6.45, 7) is 0.351. The van der Waals surface area contributed by atoms with Crippen LogP contribution < -0.4 is 10.1 Å². The number of hydrogen-bond acceptors (Lipinski definition) is 3. The lowest BCUT2D eigenvalue weighted by Crippen LogP contribution is -2.20. The van der Waals surface area contributed by atoms with Crippen molar-refractivity contribution in [2.24, 2.45) is 0 Å². The van der Waals surface area contributed by atoms with Crippen molar-refractivity contribution >= 4 is 27.3 Å². The molecule has 0 saturated heterocycles. The Balaban J connectivity index is 2.32. The Bertz CT molecular complexity index is 340. The average Bonchev–Trinajstić information content (AvgIpc) is 2.52. The number of nitrogens with one attached hydrogen (secondary N) is 1. The fourth-order valence-electron chi connectivity index (χ4n) is 1.07. The van der Waals surface area contributed by atoms with Crippen LogP contribution in [0.4, 0.5) is 13.2 Å². The minimum atomic E-state index is -4.10. The van der Waals surface area contributed by atoms with Crippen LogP contribution in [-0.2, 0) is 6.54 Å². The molecule has 0 amide bonds. The monoisotopic (exact) mass is 317 g/mol. The number of ether oxygens (including phenoxy) is 1. The summed E-state index contributed by atoms with van der Waals surface area (Å²) < 4.78 is 41.4. The van der Waals surface area contributed by atoms with Gasteiger partial charge in [-0.1, -0.05) is 0 Å². The molecule has 7 heteroatoms. The highest BCUT2D eigenvalue weighted by Crippen LogP contribution is 2.34. The lowest BCUT2D eigenvalue weighted by atomic mass is 10.4. The average molecular weight is 318 g/mol. The molecular weight excluding hydrogens is 307 g/mol. The Hall–Kier alpha value is -0.270. The van der Waals surface area contributed by atoms with E-state index in [4.69, 9.17) is 4.74 Å². The van der Waals surface area contributed by atoms with Crippen molar-refractivity contribution in [2.75, 3.05) is 13.7 Å². The van der Waals surface area contributed by atoms with Crippen molar-refractivity contribution in [1.82, 2.24) is 5.32 Å². The van der Waals surface area contributed by atoms with Crippen LogP contribution in [0, 0.1) is 0 Å². The minimum absolute atomic E-state index is 0.0681. The number of alkyl halides is 3. The Morgan fingerprint density at radius 1 is 1.50 bits per heavy atom. The molecule has 1 N–H and O–H groups in total. The minimum Gasteiger partial charge on any atom is -0.486 e. The van der Waals surface area contributed by atoms with Gasteiger partial charge >= 0.3 is 6.18 Å². The molecule has 1 heterocycles. The molecule has 1 aromatic rings. The second-order valence-electron chi connectivity index (χ2n) is 3.09. The Kier molecular flexibility index (Phi) is 5.07. The zero-order chi connectivity index (χ0) is 12.2. The van der Waals surface area contributed by atoms with Crippen molar-refractivity contribution < 1.29 is 17.9 Å². The van der Waals surface area contributed by atoms with Crippen molar-refractivity contribution in [1.29, 1.82) is 0 Å². The molecule has 0 saturated carbocycles. The van der Waals surface area contributed by atoms with Crippen LogP contribution in [0.25, 0.3) is 0 Å². The molecule has 0 radical (unpaired) electrons. The second kappa shape index (κ2) is 5.88. The Morgan fingerprint density at radius 3 is 2.69 bits per heavy atom. The predicted octanol–water partition coefficient (Wildman–Crippen LogP) is 3.56. The van der Waals surface area contributed by atoms with Gasteiger partial charge in [0.25, 0.3) is 0 Å². The zero-order valence-electron chi connectivity index (χ0n) is 8.53. The molecule has 1 aromatic heterocycles. The second-order valence-corrected chi connectivity index (χ2v) is 5.05. The topological polar surface area (TPSA) is 21.3 Å². The number of hydrogen-bond donors (Lipinski definition) is 1. The highest BCUT2D eigenvalue weighted by Gasteiger charge is 2.25. The van der Waals surface area contributed by atoms with E-state index < -0.39 is 12.6 Å². The number of rotatable bonds is 5. The third kappa shape index (κ3) is 4.71. The number of halogens is 4. The van der Waals surface area contributed by atoms with Crippen LogP contribution in [0.1, 0.15) is 11.3 Å². The smallest absolute Gasteiger partial charge is 0.390 e. The van der Waals surface area contributed by atoms with E-state index >= 15 is 0 Å². The molecule has 1 rings (SSSR count). The molecule has 0 aromatic carbocycles. The third-order valence-electron chi connectivity index (χ3n) is 1.78. The van der Waals surface area contributed by atoms with Gasteiger partial charge in [0.2, 0.25) is 0 Å². The van der Waals surface area contributed by atoms with Crippen molar-refractivity contribution in [2.45, 2.75) is 19.1 Å². The molecule has 0 atom stereocenters. The largest absolute Gasteiger partial charge is 0.486 e. The predicted molar refractivity (Wildman–Crippen MR) is 60.9 cm³/mol. The Morgan fingerprint density at radius 2 is 2.19 bits per heavy atom. The van der Waals surface area contributed by atoms with Gasteiger partial charge in [-0.05, 0) is 22.0 Å². The fraction of sp³-hybridized carbons (Fsp3) is 0.556. The highest BCUT2D eigenvalue weighted by atomic mass is 79.9. The molecule has 16 heavy (non-hydrogen) atoms. The lowest BCUT2D eigenvalue weighted by Gasteiger charge is -2.06. The van der Waals surface area contributed by atoms with E-state index in [0.717, 1.165) is 14.4 Å². The standard InChI is InChI=1S/C9H11BrF3NOS/c1-15-8-7(10)4-6(16-8)5-14-3-2-9(11,12)13/h4,14H,2-3,5H2,1H3. The van der Waals surface area contributed by atoms with E-state index in [2.05, 4.69) is 21.2 Å². The molecule has 0 aliphatic carbocycles. The van der Waals surface area contributed by atoms with Crippen LogP contribution >= 0.6 is 27.3 Å². The maximum Gasteiger partial charge on any atom is 0.390 e. The first-order valence-corrected chi connectivity index (χ1v) is 6.13. The zero-order valence-corrected chi connectivity index (χ0v) is 10.9. The SMILES string of the molecule is COc1sc(CNCCC(F)(F)F)cc1Br. The maximum atomic E-state index is 11.8. The summed E-state index contributed by atoms with van der Waals surface area (Å²) in [5.41, 5.74) is 0. The summed E-state index contributed by atoms with van der Waals surface area (Å²) >= 11 is 4.70. The summed E-state index contributed by atoms with van der Waals surface area (Å²) in [5.74, 6) is 0. The normalized spacial score (nSPS) is 11.8. The summed E-state index contributed by atoms with van der Waals surface area (Å²) in [5, 5.41) is 3.47. The van der Waals surface area contributed by atoms with E-state index in [1.165, 1.54) is 11.3 Å². The quantitative estimate of drug-likeness (QED) is 0.838. The van der Waals surface area contributed by atoms with Gasteiger partial charge < -0.3 is 10.1 Å². The molecule has 0 unspecified atom stereocenters. The van der Waals surface area contributed by atoms with Crippen LogP contribution in [0.3, 0.4) is 0 Å². The first-order valence-electron chi connectivity index (χ1n) is 4.52. The molecule has 0 fully saturated rings. The Labute approximate surface area is 104 Å². The fourth-order valence-corrected chi connectivity index (χ4v) is 2.73. The van der Waals surface area contributed by atoms with Gasteiger partial charge in [0.1, 0.15) is 0 Å². The first-order chi connectivity index (χ1) is 7.42. The van der Waals surface area contributed by atoms with E-state index in [1.807, 2.05) is 6.07 Å². The van der Waals surface area contributed by atoms with Gasteiger partial charge in [0.05, 0.1) is 18.0 Å². The third-order valence-corrected chi connectivity index (χ3v) is 3.72. The maximum absolute atomic E-state index is 11.8. The van der Waals surface area contributed by atoms with E-state index in [-0.39, 0.29) is 6.54 Å². The van der Waals surface area contributed by atoms with E-state index in [0.29, 0.717) is 6.54 Å². The highest BCUT2D eigenvalue weighted by molar-refractivity contribution is 9.10. The van der Waals surface area contributed by atoms with Crippen molar-refractivity contribution in [3.8, 4) is 5.06 Å². The summed E-state index contributed by atoms with van der Waals surface area (Å²) in [4.78, 5) is 0.936. The summed E-state index contributed by atoms with van der Waals surface area (Å²) in [7, 11) is 1.55. The van der Waals surface area contributed by atoms with Gasteiger partial charge in [-0.15, -0.1) is 11.3 Å². The van der Waals surface area contributed by atoms with Gasteiger partial charge in [-0.2, -0.15) is 13.2 Å². The van der Waals surface area contributed by atoms with Gasteiger partial charge in [-0.25, -0.2) is 0 Å². The number of methoxy groups -OCH3 is 1. The molecule has 0 spiro atoms. The van der Waals surface area contributed by atoms with Crippen LogP contribution in [0.2, 0.25) is 0 Å². The molecular formula is C9H11BrF3NOS. The number of thiophene rings is 1. The van der Waals surface area contributed by atoms with Gasteiger partial charge in [0.15, 0.2) is 5.06 Å². The van der Waals surface area contributed by atoms with E-state index in [1.54, 1.807) is 7.11 Å². The van der Waals surface area contributed by atoms with Crippen LogP contribution in [0.5, 0.6) is 5.06 Å². The van der Waals surface area contributed by atoms with Gasteiger partial charge in [-0.3, -0.25) is 0 Å². The van der Waals surface area contributed by atoms with Crippen molar-refractivity contribution in [3.05, 3.63) is 15.4 Å². The molecule has 0 aliphatic rings. The van der Waals surface area contributed by atoms with Crippen LogP contribution in [-0.4, -0.2) is 19.8 Å².